The minimum absolute atomic E-state index is 0.427. The Kier molecular flexibility index (Phi) is 5.37. The van der Waals surface area contributed by atoms with Crippen LogP contribution in [0.25, 0.3) is 0 Å². The van der Waals surface area contributed by atoms with Crippen molar-refractivity contribution in [2.24, 2.45) is 4.99 Å². The maximum Gasteiger partial charge on any atom is 0.0984 e. The summed E-state index contributed by atoms with van der Waals surface area (Å²) in [6, 6.07) is 0. The van der Waals surface area contributed by atoms with Crippen LogP contribution in [0, 0.1) is 5.41 Å². The quantitative estimate of drug-likeness (QED) is 0.311. The van der Waals surface area contributed by atoms with E-state index in [1.54, 1.807) is 6.92 Å². The third-order valence-corrected chi connectivity index (χ3v) is 1.08. The number of likely N-dealkylation sites (N-methyl/N-ethyl adjacent to an activating group) is 1. The van der Waals surface area contributed by atoms with Gasteiger partial charge in [-0.25, -0.2) is 0 Å². The van der Waals surface area contributed by atoms with Crippen LogP contribution in [0.5, 0.6) is 0 Å². The summed E-state index contributed by atoms with van der Waals surface area (Å²) in [7, 11) is 1.89. The van der Waals surface area contributed by atoms with Crippen molar-refractivity contribution in [1.29, 1.82) is 5.41 Å². The summed E-state index contributed by atoms with van der Waals surface area (Å²) in [6.07, 6.45) is 0. The van der Waals surface area contributed by atoms with Crippen molar-refractivity contribution >= 4 is 11.7 Å². The van der Waals surface area contributed by atoms with Gasteiger partial charge in [-0.05, 0) is 20.9 Å². The predicted octanol–water partition coefficient (Wildman–Crippen LogP) is 0.211. The summed E-state index contributed by atoms with van der Waals surface area (Å²) in [4.78, 5) is 4.16. The van der Waals surface area contributed by atoms with Gasteiger partial charge in [-0.2, -0.15) is 0 Å². The number of nitrogens with zero attached hydrogens (tertiary/aromatic N) is 1. The molecule has 0 rings (SSSR count). The first-order valence-corrected chi connectivity index (χ1v) is 3.64. The standard InChI is InChI=1S/C7H16N4/c1-6(8)11-7(2)10-5-4-9-3/h9H,4-5H2,1-3H3,(H2,8,10,11). The van der Waals surface area contributed by atoms with E-state index < -0.39 is 0 Å². The number of rotatable bonds is 3. The van der Waals surface area contributed by atoms with Gasteiger partial charge in [0, 0.05) is 6.54 Å². The van der Waals surface area contributed by atoms with Crippen LogP contribution in [0.3, 0.4) is 0 Å². The summed E-state index contributed by atoms with van der Waals surface area (Å²) in [5.74, 6) is 1.23. The average Bonchev–Trinajstić information content (AvgIpc) is 1.86. The molecule has 0 saturated heterocycles. The molecule has 0 atom stereocenters. The largest absolute Gasteiger partial charge is 0.333 e. The number of hydrogen-bond acceptors (Lipinski definition) is 3. The van der Waals surface area contributed by atoms with E-state index in [1.165, 1.54) is 0 Å². The van der Waals surface area contributed by atoms with Crippen LogP contribution in [-0.4, -0.2) is 31.8 Å². The summed E-state index contributed by atoms with van der Waals surface area (Å²) in [5.41, 5.74) is 0. The van der Waals surface area contributed by atoms with E-state index >= 15 is 0 Å². The van der Waals surface area contributed by atoms with E-state index in [2.05, 4.69) is 15.6 Å². The Morgan fingerprint density at radius 3 is 2.55 bits per heavy atom. The summed E-state index contributed by atoms with van der Waals surface area (Å²) < 4.78 is 0. The topological polar surface area (TPSA) is 60.3 Å². The molecule has 0 aliphatic carbocycles. The molecule has 4 heteroatoms. The van der Waals surface area contributed by atoms with E-state index in [0.29, 0.717) is 5.84 Å². The second-order valence-corrected chi connectivity index (χ2v) is 2.32. The van der Waals surface area contributed by atoms with Crippen molar-refractivity contribution in [2.75, 3.05) is 20.1 Å². The van der Waals surface area contributed by atoms with Gasteiger partial charge in [0.05, 0.1) is 18.2 Å². The number of aliphatic imine (C=N–C) groups is 1. The summed E-state index contributed by atoms with van der Waals surface area (Å²) in [6.45, 7) is 5.17. The molecule has 0 aliphatic rings. The highest BCUT2D eigenvalue weighted by Gasteiger charge is 1.88. The van der Waals surface area contributed by atoms with E-state index in [0.717, 1.165) is 18.9 Å². The fourth-order valence-corrected chi connectivity index (χ4v) is 0.646. The molecule has 0 unspecified atom stereocenters. The van der Waals surface area contributed by atoms with Crippen molar-refractivity contribution in [3.63, 3.8) is 0 Å². The molecular formula is C7H16N4. The number of hydrogen-bond donors (Lipinski definition) is 3. The van der Waals surface area contributed by atoms with Crippen LogP contribution in [-0.2, 0) is 0 Å². The molecule has 0 aromatic carbocycles. The average molecular weight is 156 g/mol. The molecule has 4 nitrogen and oxygen atoms in total. The lowest BCUT2D eigenvalue weighted by atomic mass is 10.5. The molecule has 0 bridgehead atoms. The van der Waals surface area contributed by atoms with Crippen LogP contribution in [0.1, 0.15) is 13.8 Å². The molecule has 11 heavy (non-hydrogen) atoms. The van der Waals surface area contributed by atoms with Gasteiger partial charge in [0.15, 0.2) is 0 Å². The first kappa shape index (κ1) is 10.1. The highest BCUT2D eigenvalue weighted by atomic mass is 15.0. The monoisotopic (exact) mass is 156 g/mol. The van der Waals surface area contributed by atoms with Crippen molar-refractivity contribution in [3.05, 3.63) is 0 Å². The molecule has 0 radical (unpaired) electrons. The fourth-order valence-electron chi connectivity index (χ4n) is 0.646. The van der Waals surface area contributed by atoms with Crippen molar-refractivity contribution in [3.8, 4) is 0 Å². The molecule has 0 spiro atoms. The Bertz CT molecular complexity index is 151. The normalized spacial score (nSPS) is 11.4. The van der Waals surface area contributed by atoms with Crippen LogP contribution < -0.4 is 10.6 Å². The smallest absolute Gasteiger partial charge is 0.0984 e. The fraction of sp³-hybridized carbons (Fsp3) is 0.714. The van der Waals surface area contributed by atoms with Gasteiger partial charge >= 0.3 is 0 Å². The molecular weight excluding hydrogens is 140 g/mol. The second kappa shape index (κ2) is 5.85. The minimum Gasteiger partial charge on any atom is -0.333 e. The number of nitrogens with one attached hydrogen (secondary N) is 3. The molecule has 0 aromatic rings. The van der Waals surface area contributed by atoms with Crippen LogP contribution in [0.4, 0.5) is 0 Å². The van der Waals surface area contributed by atoms with Crippen LogP contribution in [0.15, 0.2) is 4.99 Å². The predicted molar refractivity (Wildman–Crippen MR) is 48.4 cm³/mol. The Hall–Kier alpha value is -0.900. The molecule has 0 amide bonds. The highest BCUT2D eigenvalue weighted by Crippen LogP contribution is 1.73. The van der Waals surface area contributed by atoms with Crippen LogP contribution >= 0.6 is 0 Å². The molecule has 0 aliphatic heterocycles. The van der Waals surface area contributed by atoms with E-state index in [1.807, 2.05) is 14.0 Å². The van der Waals surface area contributed by atoms with E-state index in [-0.39, 0.29) is 0 Å². The third-order valence-electron chi connectivity index (χ3n) is 1.08. The van der Waals surface area contributed by atoms with Gasteiger partial charge in [0.25, 0.3) is 0 Å². The van der Waals surface area contributed by atoms with Gasteiger partial charge in [0.2, 0.25) is 0 Å². The van der Waals surface area contributed by atoms with Gasteiger partial charge in [-0.1, -0.05) is 0 Å². The second-order valence-electron chi connectivity index (χ2n) is 2.32. The Morgan fingerprint density at radius 1 is 1.45 bits per heavy atom. The zero-order valence-corrected chi connectivity index (χ0v) is 7.36. The molecule has 0 saturated carbocycles. The van der Waals surface area contributed by atoms with Crippen molar-refractivity contribution in [1.82, 2.24) is 10.6 Å². The maximum atomic E-state index is 7.10. The lowest BCUT2D eigenvalue weighted by Gasteiger charge is -2.01. The third kappa shape index (κ3) is 6.99. The van der Waals surface area contributed by atoms with E-state index in [9.17, 15) is 0 Å². The Balaban J connectivity index is 3.54. The van der Waals surface area contributed by atoms with Crippen molar-refractivity contribution in [2.45, 2.75) is 13.8 Å². The number of amidine groups is 2. The first-order chi connectivity index (χ1) is 5.16. The van der Waals surface area contributed by atoms with Gasteiger partial charge in [-0.3, -0.25) is 10.4 Å². The first-order valence-electron chi connectivity index (χ1n) is 3.64. The summed E-state index contributed by atoms with van der Waals surface area (Å²) >= 11 is 0. The SMILES string of the molecule is CNCCN=C(C)NC(C)=N. The molecule has 0 fully saturated rings. The molecule has 3 N–H and O–H groups in total. The molecule has 64 valence electrons. The zero-order chi connectivity index (χ0) is 8.69. The van der Waals surface area contributed by atoms with Gasteiger partial charge in [-0.15, -0.1) is 0 Å². The molecule has 0 heterocycles. The van der Waals surface area contributed by atoms with Crippen LogP contribution in [0.2, 0.25) is 0 Å². The zero-order valence-electron chi connectivity index (χ0n) is 7.36. The van der Waals surface area contributed by atoms with Gasteiger partial charge < -0.3 is 10.6 Å². The Morgan fingerprint density at radius 2 is 2.09 bits per heavy atom. The highest BCUT2D eigenvalue weighted by molar-refractivity contribution is 5.97. The van der Waals surface area contributed by atoms with Crippen molar-refractivity contribution < 1.29 is 0 Å². The van der Waals surface area contributed by atoms with E-state index in [4.69, 9.17) is 5.41 Å². The minimum atomic E-state index is 0.427. The lowest BCUT2D eigenvalue weighted by Crippen LogP contribution is -2.26. The molecule has 0 aromatic heterocycles. The Labute approximate surface area is 67.6 Å². The maximum absolute atomic E-state index is 7.10. The van der Waals surface area contributed by atoms with Gasteiger partial charge in [0.1, 0.15) is 0 Å². The lowest BCUT2D eigenvalue weighted by molar-refractivity contribution is 0.800. The summed E-state index contributed by atoms with van der Waals surface area (Å²) in [5, 5.41) is 12.9.